The Kier molecular flexibility index (Phi) is 21.0. The highest BCUT2D eigenvalue weighted by Crippen LogP contribution is 2.28. The lowest BCUT2D eigenvalue weighted by Crippen LogP contribution is -2.66. The Morgan fingerprint density at radius 2 is 1.46 bits per heavy atom. The van der Waals surface area contributed by atoms with Crippen molar-refractivity contribution >= 4 is 53.2 Å². The van der Waals surface area contributed by atoms with E-state index in [0.29, 0.717) is 24.8 Å². The molecule has 1 aromatic carbocycles. The molecule has 2 fully saturated rings. The number of rotatable bonds is 16. The molecule has 9 N–H and O–H groups in total. The van der Waals surface area contributed by atoms with Gasteiger partial charge in [0.15, 0.2) is 0 Å². The largest absolute Gasteiger partial charge is 0.508 e. The van der Waals surface area contributed by atoms with Crippen LogP contribution in [0.5, 0.6) is 5.75 Å². The number of aromatic hydroxyl groups is 1. The number of nitrogens with one attached hydrogen (secondary N) is 5. The van der Waals surface area contributed by atoms with Gasteiger partial charge >= 0.3 is 5.97 Å². The van der Waals surface area contributed by atoms with Crippen molar-refractivity contribution < 1.29 is 58.1 Å². The molecule has 0 saturated carbocycles. The van der Waals surface area contributed by atoms with E-state index in [1.165, 1.54) is 31.0 Å². The highest BCUT2D eigenvalue weighted by atomic mass is 16.5. The predicted molar refractivity (Wildman–Crippen MR) is 246 cm³/mol. The van der Waals surface area contributed by atoms with Gasteiger partial charge in [-0.15, -0.1) is 0 Å². The number of primary amides is 1. The van der Waals surface area contributed by atoms with Crippen molar-refractivity contribution in [2.45, 2.75) is 175 Å². The molecule has 20 heteroatoms. The summed E-state index contributed by atoms with van der Waals surface area (Å²) < 4.78 is 5.92. The second-order valence-corrected chi connectivity index (χ2v) is 18.6. The van der Waals surface area contributed by atoms with Gasteiger partial charge in [-0.25, -0.2) is 4.79 Å². The van der Waals surface area contributed by atoms with Crippen LogP contribution in [0.25, 0.3) is 0 Å². The number of hydrogen-bond acceptors (Lipinski definition) is 12. The molecule has 0 radical (unpaired) electrons. The SMILES string of the molecule is CCC(C)C(=O)N[C@@H](CCC(N)=O)C(=O)N[C@@H]1C(=O)N[C@@H](CC(C)C)C(=O)NC2CC[C@H](O)N(C2=O)[C@@H](C(C)CC)C(=O)N(C)[C@@H](Cc2ccc(O)cc2)C(=O)N[C@@H](C(C)CC)C(=O)O[C@@H]1C. The number of carbonyl (C=O) groups excluding carboxylic acids is 9. The maximum absolute atomic E-state index is 14.9. The van der Waals surface area contributed by atoms with Gasteiger partial charge in [0.25, 0.3) is 0 Å². The van der Waals surface area contributed by atoms with Crippen LogP contribution in [0.1, 0.15) is 119 Å². The van der Waals surface area contributed by atoms with Gasteiger partial charge in [0, 0.05) is 25.8 Å². The zero-order chi connectivity index (χ0) is 50.4. The molecule has 2 saturated heterocycles. The maximum atomic E-state index is 14.9. The Balaban J connectivity index is 2.27. The fourth-order valence-electron chi connectivity index (χ4n) is 8.03. The molecule has 20 nitrogen and oxygen atoms in total. The molecule has 8 amide bonds. The molecule has 2 aliphatic rings. The number of benzene rings is 1. The number of amides is 8. The number of ether oxygens (including phenoxy) is 1. The first kappa shape index (κ1) is 55.5. The molecule has 67 heavy (non-hydrogen) atoms. The van der Waals surface area contributed by atoms with E-state index in [-0.39, 0.29) is 50.2 Å². The molecule has 2 bridgehead atoms. The van der Waals surface area contributed by atoms with Crippen molar-refractivity contribution in [1.29, 1.82) is 0 Å². The van der Waals surface area contributed by atoms with Crippen molar-refractivity contribution in [3.63, 3.8) is 0 Å². The lowest BCUT2D eigenvalue weighted by Gasteiger charge is -2.44. The minimum atomic E-state index is -1.74. The summed E-state index contributed by atoms with van der Waals surface area (Å²) in [4.78, 5) is 128. The third kappa shape index (κ3) is 15.1. The summed E-state index contributed by atoms with van der Waals surface area (Å²) in [5.74, 6) is -9.17. The number of piperidine rings is 1. The van der Waals surface area contributed by atoms with E-state index in [4.69, 9.17) is 10.5 Å². The lowest BCUT2D eigenvalue weighted by atomic mass is 9.91. The number of aliphatic hydroxyl groups excluding tert-OH is 1. The normalized spacial score (nSPS) is 26.6. The van der Waals surface area contributed by atoms with Crippen LogP contribution in [0.4, 0.5) is 0 Å². The summed E-state index contributed by atoms with van der Waals surface area (Å²) >= 11 is 0. The third-order valence-electron chi connectivity index (χ3n) is 13.0. The monoisotopic (exact) mass is 943 g/mol. The number of esters is 1. The fraction of sp³-hybridized carbons (Fsp3) is 0.681. The van der Waals surface area contributed by atoms with Gasteiger partial charge < -0.3 is 57.1 Å². The van der Waals surface area contributed by atoms with Crippen LogP contribution in [0.3, 0.4) is 0 Å². The highest BCUT2D eigenvalue weighted by Gasteiger charge is 2.47. The van der Waals surface area contributed by atoms with E-state index >= 15 is 0 Å². The van der Waals surface area contributed by atoms with E-state index in [9.17, 15) is 53.4 Å². The molecule has 0 spiro atoms. The molecule has 2 heterocycles. The maximum Gasteiger partial charge on any atom is 0.329 e. The quantitative estimate of drug-likeness (QED) is 0.107. The molecule has 0 aliphatic carbocycles. The molecule has 1 aromatic rings. The van der Waals surface area contributed by atoms with E-state index < -0.39 is 126 Å². The van der Waals surface area contributed by atoms with Crippen LogP contribution in [-0.2, 0) is 54.3 Å². The van der Waals surface area contributed by atoms with E-state index in [1.54, 1.807) is 67.5 Å². The van der Waals surface area contributed by atoms with Gasteiger partial charge in [-0.05, 0) is 74.5 Å². The Morgan fingerprint density at radius 1 is 0.836 bits per heavy atom. The second-order valence-electron chi connectivity index (χ2n) is 18.6. The van der Waals surface area contributed by atoms with Crippen LogP contribution in [0, 0.1) is 23.7 Å². The van der Waals surface area contributed by atoms with Crippen LogP contribution < -0.4 is 32.3 Å². The first-order valence-corrected chi connectivity index (χ1v) is 23.5. The lowest BCUT2D eigenvalue weighted by molar-refractivity contribution is -0.168. The Labute approximate surface area is 393 Å². The van der Waals surface area contributed by atoms with Gasteiger partial charge in [-0.3, -0.25) is 38.4 Å². The number of phenols is 1. The number of nitrogens with two attached hydrogens (primary N) is 1. The Hall–Kier alpha value is -5.79. The summed E-state index contributed by atoms with van der Waals surface area (Å²) in [7, 11) is 1.38. The van der Waals surface area contributed by atoms with Crippen molar-refractivity contribution in [2.75, 3.05) is 7.05 Å². The highest BCUT2D eigenvalue weighted by molar-refractivity contribution is 5.98. The van der Waals surface area contributed by atoms with Crippen LogP contribution in [0.2, 0.25) is 0 Å². The Bertz CT molecular complexity index is 1930. The minimum absolute atomic E-state index is 0.0224. The predicted octanol–water partition coefficient (Wildman–Crippen LogP) is 0.890. The number of likely N-dealkylation sites (N-methyl/N-ethyl adjacent to an activating group) is 1. The molecular weight excluding hydrogens is 869 g/mol. The summed E-state index contributed by atoms with van der Waals surface area (Å²) in [6.07, 6.45) is -2.52. The fourth-order valence-corrected chi connectivity index (χ4v) is 8.03. The number of fused-ring (bicyclic) bond motifs is 2. The summed E-state index contributed by atoms with van der Waals surface area (Å²) in [5, 5.41) is 34.8. The molecule has 12 atom stereocenters. The van der Waals surface area contributed by atoms with E-state index in [0.717, 1.165) is 4.90 Å². The van der Waals surface area contributed by atoms with Gasteiger partial charge in [0.2, 0.25) is 47.3 Å². The van der Waals surface area contributed by atoms with Crippen LogP contribution in [0.15, 0.2) is 24.3 Å². The number of hydrogen-bond donors (Lipinski definition) is 8. The summed E-state index contributed by atoms with van der Waals surface area (Å²) in [6, 6.07) is -3.78. The first-order valence-electron chi connectivity index (χ1n) is 23.5. The van der Waals surface area contributed by atoms with Crippen LogP contribution >= 0.6 is 0 Å². The molecule has 374 valence electrons. The smallest absolute Gasteiger partial charge is 0.329 e. The van der Waals surface area contributed by atoms with Gasteiger partial charge in [0.1, 0.15) is 60.4 Å². The standard InChI is InChI=1S/C47H74N8O12/c1-11-25(6)37-47(66)67-28(9)38(53-41(60)31(18-20-35(48)57)49-40(59)27(8)13-3)44(63)51-33(22-24(4)5)42(61)50-32-19-21-36(58)55(45(32)64)39(26(7)12-2)46(65)54(10)34(43(62)52-37)23-29-14-16-30(56)17-15-29/h14-17,24-28,31-34,36-39,56,58H,11-13,18-23H2,1-10H3,(H2,48,57)(H,49,59)(H,50,61)(H,51,63)(H,52,62)(H,53,60)/t25?,26?,27?,28-,31+,32?,33+,34+,36+,37+,38+,39+/m1/s1. The average Bonchev–Trinajstić information content (AvgIpc) is 3.28. The average molecular weight is 943 g/mol. The zero-order valence-electron chi connectivity index (χ0n) is 40.6. The number of carbonyl (C=O) groups is 9. The number of aliphatic hydroxyl groups is 1. The first-order chi connectivity index (χ1) is 31.4. The minimum Gasteiger partial charge on any atom is -0.508 e. The van der Waals surface area contributed by atoms with Crippen molar-refractivity contribution in [2.24, 2.45) is 29.4 Å². The van der Waals surface area contributed by atoms with Crippen molar-refractivity contribution in [1.82, 2.24) is 36.4 Å². The number of cyclic esters (lactones) is 1. The van der Waals surface area contributed by atoms with E-state index in [1.807, 2.05) is 0 Å². The van der Waals surface area contributed by atoms with Gasteiger partial charge in [0.05, 0.1) is 0 Å². The molecule has 0 aromatic heterocycles. The van der Waals surface area contributed by atoms with Crippen molar-refractivity contribution in [3.05, 3.63) is 29.8 Å². The third-order valence-corrected chi connectivity index (χ3v) is 13.0. The van der Waals surface area contributed by atoms with Gasteiger partial charge in [-0.1, -0.05) is 80.4 Å². The zero-order valence-corrected chi connectivity index (χ0v) is 40.6. The molecule has 2 aliphatic heterocycles. The number of phenolic OH excluding ortho intramolecular Hbond substituents is 1. The molecule has 4 unspecified atom stereocenters. The summed E-state index contributed by atoms with van der Waals surface area (Å²) in [5.41, 5.74) is 5.93. The molecular formula is C47H74N8O12. The second kappa shape index (κ2) is 25.4. The van der Waals surface area contributed by atoms with Gasteiger partial charge in [-0.2, -0.15) is 0 Å². The Morgan fingerprint density at radius 3 is 2.03 bits per heavy atom. The topological polar surface area (TPSA) is 296 Å². The van der Waals surface area contributed by atoms with Crippen molar-refractivity contribution in [3.8, 4) is 5.75 Å². The van der Waals surface area contributed by atoms with Crippen LogP contribution in [-0.4, -0.2) is 135 Å². The number of nitrogens with zero attached hydrogens (tertiary/aromatic N) is 2. The summed E-state index contributed by atoms with van der Waals surface area (Å²) in [6.45, 7) is 15.3. The molecule has 3 rings (SSSR count). The van der Waals surface area contributed by atoms with E-state index in [2.05, 4.69) is 26.6 Å².